The molecule has 0 aliphatic carbocycles. The zero-order chi connectivity index (χ0) is 23.8. The first-order valence-electron chi connectivity index (χ1n) is 10.5. The van der Waals surface area contributed by atoms with Crippen molar-refractivity contribution < 1.29 is 23.7 Å². The van der Waals surface area contributed by atoms with Crippen LogP contribution >= 0.6 is 0 Å². The molecule has 34 heavy (non-hydrogen) atoms. The molecule has 0 radical (unpaired) electrons. The minimum atomic E-state index is -0.354. The summed E-state index contributed by atoms with van der Waals surface area (Å²) in [4.78, 5) is 12.3. The maximum atomic E-state index is 12.3. The van der Waals surface area contributed by atoms with Gasteiger partial charge in [-0.2, -0.15) is 0 Å². The topological polar surface area (TPSA) is 78.1 Å². The Morgan fingerprint density at radius 2 is 0.735 bits per heavy atom. The Balaban J connectivity index is 1.27. The van der Waals surface area contributed by atoms with Gasteiger partial charge in [-0.3, -0.25) is 0 Å². The fourth-order valence-electron chi connectivity index (χ4n) is 3.07. The van der Waals surface area contributed by atoms with Gasteiger partial charge in [0, 0.05) is 11.4 Å². The van der Waals surface area contributed by atoms with E-state index in [1.165, 1.54) is 0 Å². The molecule has 4 aromatic rings. The second-order valence-electron chi connectivity index (χ2n) is 7.18. The Morgan fingerprint density at radius 3 is 1.03 bits per heavy atom. The zero-order valence-electron chi connectivity index (χ0n) is 18.8. The molecule has 7 nitrogen and oxygen atoms in total. The van der Waals surface area contributed by atoms with E-state index in [2.05, 4.69) is 10.6 Å². The normalized spacial score (nSPS) is 10.2. The van der Waals surface area contributed by atoms with Crippen LogP contribution in [0.1, 0.15) is 0 Å². The van der Waals surface area contributed by atoms with Crippen LogP contribution in [0.4, 0.5) is 16.2 Å². The first-order valence-corrected chi connectivity index (χ1v) is 10.5. The van der Waals surface area contributed by atoms with Crippen LogP contribution in [0.25, 0.3) is 0 Å². The monoisotopic (exact) mass is 456 g/mol. The largest absolute Gasteiger partial charge is 0.497 e. The second kappa shape index (κ2) is 10.8. The number of carbonyl (C=O) groups excluding carboxylic acids is 1. The van der Waals surface area contributed by atoms with Crippen molar-refractivity contribution >= 4 is 17.4 Å². The van der Waals surface area contributed by atoms with Crippen LogP contribution in [0.15, 0.2) is 97.1 Å². The molecule has 4 aromatic carbocycles. The SMILES string of the molecule is COc1ccc(Oc2ccc(NC(=O)Nc3ccc(Oc4ccc(OC)cc4)cc3)cc2)cc1. The number of urea groups is 1. The smallest absolute Gasteiger partial charge is 0.323 e. The van der Waals surface area contributed by atoms with Gasteiger partial charge in [0.2, 0.25) is 0 Å². The molecule has 7 heteroatoms. The molecular weight excluding hydrogens is 432 g/mol. The number of amides is 2. The van der Waals surface area contributed by atoms with Gasteiger partial charge in [0.25, 0.3) is 0 Å². The summed E-state index contributed by atoms with van der Waals surface area (Å²) in [5.41, 5.74) is 1.28. The fourth-order valence-corrected chi connectivity index (χ4v) is 3.07. The van der Waals surface area contributed by atoms with Crippen LogP contribution in [-0.2, 0) is 0 Å². The lowest BCUT2D eigenvalue weighted by atomic mass is 10.3. The van der Waals surface area contributed by atoms with Crippen molar-refractivity contribution in [3.05, 3.63) is 97.1 Å². The van der Waals surface area contributed by atoms with Gasteiger partial charge in [0.15, 0.2) is 0 Å². The molecule has 2 amide bonds. The average Bonchev–Trinajstić information content (AvgIpc) is 2.87. The maximum Gasteiger partial charge on any atom is 0.323 e. The number of carbonyl (C=O) groups is 1. The zero-order valence-corrected chi connectivity index (χ0v) is 18.8. The minimum Gasteiger partial charge on any atom is -0.497 e. The van der Waals surface area contributed by atoms with Gasteiger partial charge in [0.05, 0.1) is 14.2 Å². The van der Waals surface area contributed by atoms with Gasteiger partial charge in [-0.25, -0.2) is 4.79 Å². The predicted molar refractivity (Wildman–Crippen MR) is 132 cm³/mol. The molecule has 0 aromatic heterocycles. The molecular formula is C27H24N2O5. The lowest BCUT2D eigenvalue weighted by Crippen LogP contribution is -2.19. The Labute approximate surface area is 197 Å². The van der Waals surface area contributed by atoms with E-state index in [0.717, 1.165) is 11.5 Å². The van der Waals surface area contributed by atoms with Crippen LogP contribution in [0.3, 0.4) is 0 Å². The lowest BCUT2D eigenvalue weighted by Gasteiger charge is -2.10. The Morgan fingerprint density at radius 1 is 0.471 bits per heavy atom. The van der Waals surface area contributed by atoms with Gasteiger partial charge >= 0.3 is 6.03 Å². The maximum absolute atomic E-state index is 12.3. The number of ether oxygens (including phenoxy) is 4. The third-order valence-corrected chi connectivity index (χ3v) is 4.81. The Hall–Kier alpha value is -4.65. The van der Waals surface area contributed by atoms with Gasteiger partial charge in [-0.1, -0.05) is 0 Å². The van der Waals surface area contributed by atoms with E-state index in [1.807, 2.05) is 48.5 Å². The predicted octanol–water partition coefficient (Wildman–Crippen LogP) is 6.93. The number of methoxy groups -OCH3 is 2. The van der Waals surface area contributed by atoms with Crippen molar-refractivity contribution in [3.8, 4) is 34.5 Å². The van der Waals surface area contributed by atoms with Gasteiger partial charge in [-0.15, -0.1) is 0 Å². The summed E-state index contributed by atoms with van der Waals surface area (Å²) in [5, 5.41) is 5.59. The second-order valence-corrected chi connectivity index (χ2v) is 7.18. The molecule has 0 unspecified atom stereocenters. The molecule has 0 atom stereocenters. The molecule has 0 bridgehead atoms. The van der Waals surface area contributed by atoms with E-state index in [0.29, 0.717) is 34.4 Å². The van der Waals surface area contributed by atoms with Crippen molar-refractivity contribution in [2.45, 2.75) is 0 Å². The summed E-state index contributed by atoms with van der Waals surface area (Å²) >= 11 is 0. The van der Waals surface area contributed by atoms with Crippen molar-refractivity contribution in [3.63, 3.8) is 0 Å². The van der Waals surface area contributed by atoms with E-state index in [4.69, 9.17) is 18.9 Å². The molecule has 172 valence electrons. The summed E-state index contributed by atoms with van der Waals surface area (Å²) in [6.07, 6.45) is 0. The molecule has 0 saturated carbocycles. The molecule has 0 aliphatic heterocycles. The highest BCUT2D eigenvalue weighted by Crippen LogP contribution is 2.26. The number of hydrogen-bond acceptors (Lipinski definition) is 5. The van der Waals surface area contributed by atoms with E-state index in [9.17, 15) is 4.79 Å². The first-order chi connectivity index (χ1) is 16.6. The molecule has 0 saturated heterocycles. The highest BCUT2D eigenvalue weighted by atomic mass is 16.5. The molecule has 2 N–H and O–H groups in total. The summed E-state index contributed by atoms with van der Waals surface area (Å²) in [6.45, 7) is 0. The van der Waals surface area contributed by atoms with Crippen molar-refractivity contribution in [1.82, 2.24) is 0 Å². The van der Waals surface area contributed by atoms with Crippen LogP contribution in [0, 0.1) is 0 Å². The number of benzene rings is 4. The average molecular weight is 456 g/mol. The van der Waals surface area contributed by atoms with Crippen LogP contribution in [-0.4, -0.2) is 20.3 Å². The highest BCUT2D eigenvalue weighted by molar-refractivity contribution is 5.99. The Bertz CT molecular complexity index is 1110. The standard InChI is InChI=1S/C27H24N2O5/c1-31-21-11-15-25(16-12-21)33-23-7-3-19(4-8-23)28-27(30)29-20-5-9-24(10-6-20)34-26-17-13-22(32-2)14-18-26/h3-18H,1-2H3,(H2,28,29,30). The summed E-state index contributed by atoms with van der Waals surface area (Å²) in [6, 6.07) is 28.5. The van der Waals surface area contributed by atoms with Crippen molar-refractivity contribution in [1.29, 1.82) is 0 Å². The Kier molecular flexibility index (Phi) is 7.15. The first kappa shape index (κ1) is 22.5. The summed E-state index contributed by atoms with van der Waals surface area (Å²) in [5.74, 6) is 4.22. The van der Waals surface area contributed by atoms with Crippen molar-refractivity contribution in [2.75, 3.05) is 24.9 Å². The van der Waals surface area contributed by atoms with E-state index in [-0.39, 0.29) is 6.03 Å². The van der Waals surface area contributed by atoms with Gasteiger partial charge < -0.3 is 29.6 Å². The van der Waals surface area contributed by atoms with Crippen molar-refractivity contribution in [2.24, 2.45) is 0 Å². The number of rotatable bonds is 8. The third kappa shape index (κ3) is 6.20. The van der Waals surface area contributed by atoms with Crippen LogP contribution in [0.5, 0.6) is 34.5 Å². The fraction of sp³-hybridized carbons (Fsp3) is 0.0741. The molecule has 0 spiro atoms. The molecule has 4 rings (SSSR count). The van der Waals surface area contributed by atoms with Crippen LogP contribution in [0.2, 0.25) is 0 Å². The van der Waals surface area contributed by atoms with E-state index >= 15 is 0 Å². The molecule has 0 aliphatic rings. The third-order valence-electron chi connectivity index (χ3n) is 4.81. The van der Waals surface area contributed by atoms with Gasteiger partial charge in [-0.05, 0) is 97.1 Å². The number of anilines is 2. The van der Waals surface area contributed by atoms with Gasteiger partial charge in [0.1, 0.15) is 34.5 Å². The lowest BCUT2D eigenvalue weighted by molar-refractivity contribution is 0.262. The minimum absolute atomic E-state index is 0.354. The quantitative estimate of drug-likeness (QED) is 0.300. The van der Waals surface area contributed by atoms with E-state index < -0.39 is 0 Å². The summed E-state index contributed by atoms with van der Waals surface area (Å²) < 4.78 is 21.9. The number of nitrogens with one attached hydrogen (secondary N) is 2. The highest BCUT2D eigenvalue weighted by Gasteiger charge is 2.05. The molecule has 0 heterocycles. The summed E-state index contributed by atoms with van der Waals surface area (Å²) in [7, 11) is 3.23. The number of hydrogen-bond donors (Lipinski definition) is 2. The van der Waals surface area contributed by atoms with E-state index in [1.54, 1.807) is 62.8 Å². The van der Waals surface area contributed by atoms with Crippen LogP contribution < -0.4 is 29.6 Å². The molecule has 0 fully saturated rings.